The average Bonchev–Trinajstić information content (AvgIpc) is 2.45. The lowest BCUT2D eigenvalue weighted by atomic mass is 9.93. The molecule has 0 radical (unpaired) electrons. The minimum absolute atomic E-state index is 0.561. The number of nitrogens with one attached hydrogen (secondary N) is 3. The highest BCUT2D eigenvalue weighted by Crippen LogP contribution is 2.48. The minimum atomic E-state index is -4.88. The largest absolute Gasteiger partial charge is 0.478 e. The average molecular weight is 368 g/mol. The fourth-order valence-corrected chi connectivity index (χ4v) is 2.82. The molecule has 12 nitrogen and oxygen atoms in total. The first-order valence-electron chi connectivity index (χ1n) is 6.76. The lowest BCUT2D eigenvalue weighted by molar-refractivity contribution is -0.126. The van der Waals surface area contributed by atoms with E-state index in [4.69, 9.17) is 21.0 Å². The number of nitrogens with two attached hydrogens (primary N) is 1. The van der Waals surface area contributed by atoms with E-state index in [9.17, 15) is 29.4 Å². The van der Waals surface area contributed by atoms with Gasteiger partial charge in [0.1, 0.15) is 18.3 Å². The summed E-state index contributed by atoms with van der Waals surface area (Å²) in [5.41, 5.74) is 4.40. The van der Waals surface area contributed by atoms with Gasteiger partial charge in [0.05, 0.1) is 18.7 Å². The third-order valence-corrected chi connectivity index (χ3v) is 4.05. The SMILES string of the molecule is CC(=O)N[C@H]1[C@H]([C@H](O)[C@H](O)CO)OC(P(=O)(O)O)=C[C@@H]1NC(=N)N. The van der Waals surface area contributed by atoms with Gasteiger partial charge in [0.2, 0.25) is 11.4 Å². The maximum absolute atomic E-state index is 11.5. The summed E-state index contributed by atoms with van der Waals surface area (Å²) in [7, 11) is -4.88. The van der Waals surface area contributed by atoms with Crippen LogP contribution in [0.3, 0.4) is 0 Å². The van der Waals surface area contributed by atoms with Crippen LogP contribution in [0.2, 0.25) is 0 Å². The van der Waals surface area contributed by atoms with Gasteiger partial charge in [-0.3, -0.25) is 14.8 Å². The van der Waals surface area contributed by atoms with E-state index >= 15 is 0 Å². The van der Waals surface area contributed by atoms with E-state index in [0.717, 1.165) is 13.0 Å². The smallest absolute Gasteiger partial charge is 0.390 e. The molecule has 13 heteroatoms. The van der Waals surface area contributed by atoms with E-state index in [-0.39, 0.29) is 0 Å². The van der Waals surface area contributed by atoms with Crippen molar-refractivity contribution in [2.75, 3.05) is 6.61 Å². The number of hydrogen-bond acceptors (Lipinski definition) is 7. The number of carbonyl (C=O) groups excluding carboxylic acids is 1. The predicted octanol–water partition coefficient (Wildman–Crippen LogP) is -3.53. The molecule has 0 saturated heterocycles. The van der Waals surface area contributed by atoms with Crippen molar-refractivity contribution in [1.82, 2.24) is 10.6 Å². The molecule has 0 unspecified atom stereocenters. The Morgan fingerprint density at radius 1 is 1.46 bits per heavy atom. The first-order valence-corrected chi connectivity index (χ1v) is 8.37. The molecule has 138 valence electrons. The second-order valence-electron chi connectivity index (χ2n) is 5.18. The lowest BCUT2D eigenvalue weighted by Crippen LogP contribution is -2.63. The van der Waals surface area contributed by atoms with Gasteiger partial charge in [-0.05, 0) is 6.08 Å². The Labute approximate surface area is 137 Å². The molecule has 0 aromatic heterocycles. The minimum Gasteiger partial charge on any atom is -0.478 e. The monoisotopic (exact) mass is 368 g/mol. The standard InChI is InChI=1S/C11H21N4O8P/c1-4(17)14-8-5(15-11(12)13)2-7(24(20,21)22)23-10(8)9(19)6(18)3-16/h2,5-6,8-10,16,18-19H,3H2,1H3,(H,14,17)(H4,12,13,15)(H2,20,21,22)/t5-,6+,8+,9+,10+/m0/s1. The number of rotatable bonds is 6. The molecule has 1 aliphatic heterocycles. The summed E-state index contributed by atoms with van der Waals surface area (Å²) < 4.78 is 16.5. The van der Waals surface area contributed by atoms with Crippen molar-refractivity contribution in [3.8, 4) is 0 Å². The molecule has 0 saturated carbocycles. The highest BCUT2D eigenvalue weighted by molar-refractivity contribution is 7.56. The van der Waals surface area contributed by atoms with Crippen molar-refractivity contribution < 1.29 is 39.2 Å². The summed E-state index contributed by atoms with van der Waals surface area (Å²) >= 11 is 0. The Morgan fingerprint density at radius 2 is 2.04 bits per heavy atom. The van der Waals surface area contributed by atoms with Crippen LogP contribution >= 0.6 is 7.60 Å². The summed E-state index contributed by atoms with van der Waals surface area (Å²) in [5.74, 6) is -1.13. The van der Waals surface area contributed by atoms with Crippen LogP contribution in [0.5, 0.6) is 0 Å². The van der Waals surface area contributed by atoms with Gasteiger partial charge in [-0.25, -0.2) is 0 Å². The topological polar surface area (TPSA) is 218 Å². The summed E-state index contributed by atoms with van der Waals surface area (Å²) in [6.07, 6.45) is -4.09. The zero-order valence-electron chi connectivity index (χ0n) is 12.7. The predicted molar refractivity (Wildman–Crippen MR) is 80.5 cm³/mol. The molecule has 0 bridgehead atoms. The van der Waals surface area contributed by atoms with Gasteiger partial charge >= 0.3 is 7.60 Å². The zero-order chi connectivity index (χ0) is 18.7. The highest BCUT2D eigenvalue weighted by atomic mass is 31.2. The first kappa shape index (κ1) is 20.4. The number of aliphatic hydroxyl groups excluding tert-OH is 3. The third-order valence-electron chi connectivity index (χ3n) is 3.22. The van der Waals surface area contributed by atoms with E-state index < -0.39 is 62.0 Å². The quantitative estimate of drug-likeness (QED) is 0.128. The van der Waals surface area contributed by atoms with Gasteiger partial charge in [0, 0.05) is 6.92 Å². The molecule has 10 N–H and O–H groups in total. The number of amides is 1. The molecule has 5 atom stereocenters. The highest BCUT2D eigenvalue weighted by Gasteiger charge is 2.45. The van der Waals surface area contributed by atoms with E-state index in [2.05, 4.69) is 10.6 Å². The Kier molecular flexibility index (Phi) is 6.72. The van der Waals surface area contributed by atoms with Crippen LogP contribution in [0.25, 0.3) is 0 Å². The van der Waals surface area contributed by atoms with Crippen LogP contribution in [0.15, 0.2) is 11.6 Å². The third kappa shape index (κ3) is 5.16. The van der Waals surface area contributed by atoms with Crippen LogP contribution in [0, 0.1) is 5.41 Å². The normalized spacial score (nSPS) is 26.6. The van der Waals surface area contributed by atoms with Gasteiger partial charge in [0.25, 0.3) is 0 Å². The van der Waals surface area contributed by atoms with Crippen LogP contribution in [0.1, 0.15) is 6.92 Å². The number of guanidine groups is 1. The molecular weight excluding hydrogens is 347 g/mol. The van der Waals surface area contributed by atoms with Crippen molar-refractivity contribution in [1.29, 1.82) is 5.41 Å². The summed E-state index contributed by atoms with van der Waals surface area (Å²) in [4.78, 5) is 29.9. The van der Waals surface area contributed by atoms with Gasteiger partial charge in [-0.2, -0.15) is 0 Å². The molecule has 1 amide bonds. The van der Waals surface area contributed by atoms with E-state index in [1.165, 1.54) is 0 Å². The van der Waals surface area contributed by atoms with Crippen molar-refractivity contribution in [2.45, 2.75) is 37.3 Å². The number of ether oxygens (including phenoxy) is 1. The zero-order valence-corrected chi connectivity index (χ0v) is 13.6. The van der Waals surface area contributed by atoms with Crippen molar-refractivity contribution >= 4 is 19.5 Å². The number of aliphatic hydroxyl groups is 3. The van der Waals surface area contributed by atoms with Crippen LogP contribution in [0.4, 0.5) is 0 Å². The van der Waals surface area contributed by atoms with Crippen LogP contribution in [-0.2, 0) is 14.1 Å². The van der Waals surface area contributed by atoms with Gasteiger partial charge in [-0.15, -0.1) is 0 Å². The number of carbonyl (C=O) groups is 1. The molecule has 1 rings (SSSR count). The lowest BCUT2D eigenvalue weighted by Gasteiger charge is -2.40. The molecule has 1 aliphatic rings. The Balaban J connectivity index is 3.31. The molecule has 24 heavy (non-hydrogen) atoms. The molecular formula is C11H21N4O8P. The van der Waals surface area contributed by atoms with Crippen molar-refractivity contribution in [2.24, 2.45) is 5.73 Å². The van der Waals surface area contributed by atoms with Gasteiger partial charge < -0.3 is 46.2 Å². The fraction of sp³-hybridized carbons (Fsp3) is 0.636. The maximum Gasteiger partial charge on any atom is 0.390 e. The molecule has 0 aromatic carbocycles. The van der Waals surface area contributed by atoms with E-state index in [1.807, 2.05) is 0 Å². The fourth-order valence-electron chi connectivity index (χ4n) is 2.21. The molecule has 0 aromatic rings. The Bertz CT molecular complexity index is 564. The maximum atomic E-state index is 11.5. The second kappa shape index (κ2) is 7.92. The summed E-state index contributed by atoms with van der Waals surface area (Å²) in [6, 6.07) is -2.26. The Hall–Kier alpha value is -1.69. The molecule has 1 heterocycles. The molecule has 0 aliphatic carbocycles. The second-order valence-corrected chi connectivity index (χ2v) is 6.71. The van der Waals surface area contributed by atoms with Crippen molar-refractivity contribution in [3.05, 3.63) is 11.6 Å². The van der Waals surface area contributed by atoms with Crippen molar-refractivity contribution in [3.63, 3.8) is 0 Å². The summed E-state index contributed by atoms with van der Waals surface area (Å²) in [6.45, 7) is 0.298. The Morgan fingerprint density at radius 3 is 2.46 bits per heavy atom. The molecule has 0 fully saturated rings. The van der Waals surface area contributed by atoms with E-state index in [0.29, 0.717) is 0 Å². The van der Waals surface area contributed by atoms with E-state index in [1.54, 1.807) is 0 Å². The first-order chi connectivity index (χ1) is 11.0. The van der Waals surface area contributed by atoms with Gasteiger partial charge in [-0.1, -0.05) is 0 Å². The molecule has 0 spiro atoms. The summed E-state index contributed by atoms with van der Waals surface area (Å²) in [5, 5.41) is 40.6. The number of hydrogen-bond donors (Lipinski definition) is 9. The van der Waals surface area contributed by atoms with Crippen LogP contribution in [-0.4, -0.2) is 74.0 Å². The van der Waals surface area contributed by atoms with Gasteiger partial charge in [0.15, 0.2) is 5.96 Å². The van der Waals surface area contributed by atoms with Crippen LogP contribution < -0.4 is 16.4 Å².